The lowest BCUT2D eigenvalue weighted by molar-refractivity contribution is 0.263. The number of hydrogen-bond acceptors (Lipinski definition) is 4. The van der Waals surface area contributed by atoms with Gasteiger partial charge in [0.2, 0.25) is 0 Å². The summed E-state index contributed by atoms with van der Waals surface area (Å²) < 4.78 is 11.8. The van der Waals surface area contributed by atoms with Gasteiger partial charge in [0.05, 0.1) is 12.8 Å². The van der Waals surface area contributed by atoms with E-state index in [-0.39, 0.29) is 5.17 Å². The monoisotopic (exact) mass is 457 g/mol. The summed E-state index contributed by atoms with van der Waals surface area (Å²) >= 11 is 7.16. The zero-order valence-electron chi connectivity index (χ0n) is 13.9. The Labute approximate surface area is 161 Å². The molecule has 4 nitrogen and oxygen atoms in total. The zero-order valence-corrected chi connectivity index (χ0v) is 16.8. The van der Waals surface area contributed by atoms with Gasteiger partial charge >= 0.3 is 0 Å². The van der Waals surface area contributed by atoms with E-state index >= 15 is 0 Å². The summed E-state index contributed by atoms with van der Waals surface area (Å²) in [7, 11) is 1.43. The number of para-hydroxylation sites is 1. The number of hydrogen-bond donors (Lipinski definition) is 1. The van der Waals surface area contributed by atoms with Crippen molar-refractivity contribution in [1.29, 1.82) is 0 Å². The average molecular weight is 457 g/mol. The Hall–Kier alpha value is -1.38. The third-order valence-electron chi connectivity index (χ3n) is 3.66. The second-order valence-electron chi connectivity index (χ2n) is 5.27. The average Bonchev–Trinajstić information content (AvgIpc) is 2.59. The highest BCUT2D eigenvalue weighted by Crippen LogP contribution is 2.29. The fraction of sp³-hybridized carbons (Fsp3) is 0.278. The highest BCUT2D eigenvalue weighted by Gasteiger charge is 2.18. The minimum absolute atomic E-state index is 0.0103. The number of hydroxylamine groups is 1. The Bertz CT molecular complexity index is 736. The molecule has 0 aromatic heterocycles. The standard InChI is InChI=1S/C18H20INO3S/c1-4-13-8-9-16(12(2)10-13)23-11-14-6-5-7-15(19)17(14)20(21)18(24)22-3/h5-10,21H,4,11H2,1-3H3. The minimum atomic E-state index is -0.0103. The SMILES string of the molecule is CCc1ccc(OCc2cccc(I)c2N(O)C(=S)OC)c(C)c1. The van der Waals surface area contributed by atoms with Crippen molar-refractivity contribution in [2.75, 3.05) is 12.2 Å². The molecule has 1 N–H and O–H groups in total. The summed E-state index contributed by atoms with van der Waals surface area (Å²) in [5.74, 6) is 0.829. The lowest BCUT2D eigenvalue weighted by Crippen LogP contribution is -2.28. The number of thiocarbonyl (C=S) groups is 1. The first-order valence-corrected chi connectivity index (χ1v) is 9.03. The van der Waals surface area contributed by atoms with Crippen molar-refractivity contribution >= 4 is 45.7 Å². The van der Waals surface area contributed by atoms with Gasteiger partial charge in [-0.2, -0.15) is 5.06 Å². The van der Waals surface area contributed by atoms with Gasteiger partial charge in [0.15, 0.2) is 0 Å². The lowest BCUT2D eigenvalue weighted by Gasteiger charge is -2.21. The molecule has 0 amide bonds. The van der Waals surface area contributed by atoms with Crippen LogP contribution in [-0.4, -0.2) is 17.5 Å². The van der Waals surface area contributed by atoms with Gasteiger partial charge in [-0.15, -0.1) is 0 Å². The molecule has 2 aromatic carbocycles. The topological polar surface area (TPSA) is 41.9 Å². The summed E-state index contributed by atoms with van der Waals surface area (Å²) in [6.07, 6.45) is 0.996. The largest absolute Gasteiger partial charge is 0.489 e. The van der Waals surface area contributed by atoms with Crippen LogP contribution in [0.25, 0.3) is 0 Å². The second kappa shape index (κ2) is 8.64. The first-order chi connectivity index (χ1) is 11.5. The Morgan fingerprint density at radius 1 is 1.29 bits per heavy atom. The van der Waals surface area contributed by atoms with Crippen LogP contribution >= 0.6 is 34.8 Å². The lowest BCUT2D eigenvalue weighted by atomic mass is 10.1. The molecule has 24 heavy (non-hydrogen) atoms. The molecule has 0 saturated carbocycles. The maximum atomic E-state index is 10.3. The minimum Gasteiger partial charge on any atom is -0.489 e. The molecule has 2 aromatic rings. The Morgan fingerprint density at radius 3 is 2.67 bits per heavy atom. The van der Waals surface area contributed by atoms with Crippen molar-refractivity contribution in [3.8, 4) is 5.75 Å². The third kappa shape index (κ3) is 4.37. The number of aryl methyl sites for hydroxylation is 2. The molecule has 0 aliphatic rings. The van der Waals surface area contributed by atoms with E-state index in [1.54, 1.807) is 0 Å². The quantitative estimate of drug-likeness (QED) is 0.394. The van der Waals surface area contributed by atoms with Crippen LogP contribution in [0.1, 0.15) is 23.6 Å². The van der Waals surface area contributed by atoms with Gasteiger partial charge in [-0.25, -0.2) is 0 Å². The summed E-state index contributed by atoms with van der Waals surface area (Å²) in [5, 5.41) is 11.1. The van der Waals surface area contributed by atoms with Crippen LogP contribution in [0.15, 0.2) is 36.4 Å². The van der Waals surface area contributed by atoms with E-state index in [1.807, 2.05) is 31.2 Å². The predicted octanol–water partition coefficient (Wildman–Crippen LogP) is 4.87. The Kier molecular flexibility index (Phi) is 6.82. The smallest absolute Gasteiger partial charge is 0.288 e. The van der Waals surface area contributed by atoms with Crippen LogP contribution in [0.2, 0.25) is 0 Å². The van der Waals surface area contributed by atoms with Crippen LogP contribution in [0.4, 0.5) is 5.69 Å². The van der Waals surface area contributed by atoms with E-state index in [1.165, 1.54) is 12.7 Å². The highest BCUT2D eigenvalue weighted by atomic mass is 127. The zero-order chi connectivity index (χ0) is 17.7. The van der Waals surface area contributed by atoms with Crippen molar-refractivity contribution in [3.63, 3.8) is 0 Å². The van der Waals surface area contributed by atoms with Crippen molar-refractivity contribution in [1.82, 2.24) is 0 Å². The fourth-order valence-corrected chi connectivity index (χ4v) is 3.21. The molecule has 6 heteroatoms. The molecule has 0 aliphatic carbocycles. The molecular weight excluding hydrogens is 437 g/mol. The molecule has 0 unspecified atom stereocenters. The van der Waals surface area contributed by atoms with Crippen molar-refractivity contribution in [3.05, 3.63) is 56.7 Å². The number of ether oxygens (including phenoxy) is 2. The van der Waals surface area contributed by atoms with E-state index in [2.05, 4.69) is 41.6 Å². The molecule has 0 atom stereocenters. The first kappa shape index (κ1) is 19.0. The van der Waals surface area contributed by atoms with Gasteiger partial charge in [0.1, 0.15) is 12.4 Å². The van der Waals surface area contributed by atoms with Gasteiger partial charge in [-0.1, -0.05) is 31.2 Å². The number of nitrogens with zero attached hydrogens (tertiary/aromatic N) is 1. The Morgan fingerprint density at radius 2 is 2.04 bits per heavy atom. The molecule has 0 fully saturated rings. The molecular formula is C18H20INO3S. The highest BCUT2D eigenvalue weighted by molar-refractivity contribution is 14.1. The Balaban J connectivity index is 2.24. The van der Waals surface area contributed by atoms with Crippen LogP contribution < -0.4 is 9.80 Å². The number of halogens is 1. The number of rotatable bonds is 5. The van der Waals surface area contributed by atoms with Crippen LogP contribution in [-0.2, 0) is 17.8 Å². The van der Waals surface area contributed by atoms with Gasteiger partial charge in [0.25, 0.3) is 5.17 Å². The molecule has 2 rings (SSSR count). The van der Waals surface area contributed by atoms with Gasteiger partial charge in [-0.3, -0.25) is 5.21 Å². The normalized spacial score (nSPS) is 10.4. The van der Waals surface area contributed by atoms with E-state index in [4.69, 9.17) is 21.7 Å². The molecule has 0 aliphatic heterocycles. The van der Waals surface area contributed by atoms with Gasteiger partial charge < -0.3 is 9.47 Å². The molecule has 0 bridgehead atoms. The molecule has 0 spiro atoms. The van der Waals surface area contributed by atoms with E-state index < -0.39 is 0 Å². The van der Waals surface area contributed by atoms with Crippen molar-refractivity contribution in [2.24, 2.45) is 0 Å². The summed E-state index contributed by atoms with van der Waals surface area (Å²) in [4.78, 5) is 0. The van der Waals surface area contributed by atoms with Crippen LogP contribution in [0, 0.1) is 10.5 Å². The number of methoxy groups -OCH3 is 1. The molecule has 0 heterocycles. The van der Waals surface area contributed by atoms with Gasteiger partial charge in [-0.05, 0) is 71.4 Å². The van der Waals surface area contributed by atoms with E-state index in [0.717, 1.165) is 31.9 Å². The summed E-state index contributed by atoms with van der Waals surface area (Å²) in [6.45, 7) is 4.48. The summed E-state index contributed by atoms with van der Waals surface area (Å²) in [6, 6.07) is 11.9. The predicted molar refractivity (Wildman–Crippen MR) is 108 cm³/mol. The number of benzene rings is 2. The summed E-state index contributed by atoms with van der Waals surface area (Å²) in [5.41, 5.74) is 3.77. The molecule has 128 valence electrons. The van der Waals surface area contributed by atoms with Crippen LogP contribution in [0.3, 0.4) is 0 Å². The maximum absolute atomic E-state index is 10.3. The maximum Gasteiger partial charge on any atom is 0.288 e. The second-order valence-corrected chi connectivity index (χ2v) is 6.78. The van der Waals surface area contributed by atoms with E-state index in [9.17, 15) is 5.21 Å². The number of anilines is 1. The first-order valence-electron chi connectivity index (χ1n) is 7.54. The fourth-order valence-electron chi connectivity index (χ4n) is 2.34. The molecule has 0 radical (unpaired) electrons. The van der Waals surface area contributed by atoms with E-state index in [0.29, 0.717) is 12.3 Å². The molecule has 0 saturated heterocycles. The van der Waals surface area contributed by atoms with Crippen molar-refractivity contribution in [2.45, 2.75) is 26.9 Å². The van der Waals surface area contributed by atoms with Gasteiger partial charge in [0, 0.05) is 9.13 Å². The third-order valence-corrected chi connectivity index (χ3v) is 4.87. The van der Waals surface area contributed by atoms with Crippen molar-refractivity contribution < 1.29 is 14.7 Å². The van der Waals surface area contributed by atoms with Crippen LogP contribution in [0.5, 0.6) is 5.75 Å².